The number of alkyl halides is 6. The zero-order valence-corrected chi connectivity index (χ0v) is 20.3. The molecule has 3 aromatic rings. The number of anilines is 1. The van der Waals surface area contributed by atoms with Gasteiger partial charge in [0.25, 0.3) is 5.91 Å². The van der Waals surface area contributed by atoms with Crippen LogP contribution in [0, 0.1) is 0 Å². The molecule has 0 aromatic heterocycles. The number of hydrogen-bond donors (Lipinski definition) is 1. The summed E-state index contributed by atoms with van der Waals surface area (Å²) in [5.74, 6) is -1.27. The molecule has 0 spiro atoms. The Morgan fingerprint density at radius 2 is 1.45 bits per heavy atom. The number of fused-ring (bicyclic) bond motifs is 1. The van der Waals surface area contributed by atoms with Crippen LogP contribution in [0.4, 0.5) is 32.0 Å². The van der Waals surface area contributed by atoms with E-state index in [2.05, 4.69) is 5.32 Å². The van der Waals surface area contributed by atoms with Gasteiger partial charge in [-0.25, -0.2) is 0 Å². The summed E-state index contributed by atoms with van der Waals surface area (Å²) in [4.78, 5) is 29.3. The fourth-order valence-corrected chi connectivity index (χ4v) is 4.32. The first-order valence-electron chi connectivity index (χ1n) is 11.5. The van der Waals surface area contributed by atoms with E-state index in [9.17, 15) is 35.9 Å². The van der Waals surface area contributed by atoms with E-state index in [1.54, 1.807) is 12.1 Å². The van der Waals surface area contributed by atoms with E-state index in [0.29, 0.717) is 17.7 Å². The standard InChI is InChI=1S/C27H23F6N3O2/c1-35(2)20-9-7-16(8-10-20)14-34-24(37)23-21-5-3-4-6-22(21)25(38)36(23)15-17-11-18(26(28,29)30)13-19(12-17)27(31,32)33/h3-13,23H,14-15H2,1-2H3,(H,34,37). The molecule has 4 rings (SSSR count). The van der Waals surface area contributed by atoms with Crippen LogP contribution >= 0.6 is 0 Å². The number of benzene rings is 3. The number of hydrogen-bond acceptors (Lipinski definition) is 3. The zero-order valence-electron chi connectivity index (χ0n) is 20.3. The molecular formula is C27H23F6N3O2. The minimum atomic E-state index is -5.03. The molecule has 1 heterocycles. The fraction of sp³-hybridized carbons (Fsp3) is 0.259. The van der Waals surface area contributed by atoms with Gasteiger partial charge in [0.15, 0.2) is 0 Å². The van der Waals surface area contributed by atoms with Gasteiger partial charge in [-0.05, 0) is 53.1 Å². The first-order chi connectivity index (χ1) is 17.8. The molecule has 38 heavy (non-hydrogen) atoms. The van der Waals surface area contributed by atoms with Crippen molar-refractivity contribution in [1.29, 1.82) is 0 Å². The number of amides is 2. The number of carbonyl (C=O) groups is 2. The molecule has 1 unspecified atom stereocenters. The van der Waals surface area contributed by atoms with E-state index in [-0.39, 0.29) is 18.2 Å². The maximum absolute atomic E-state index is 13.4. The molecule has 1 N–H and O–H groups in total. The van der Waals surface area contributed by atoms with Gasteiger partial charge in [-0.3, -0.25) is 9.59 Å². The molecule has 0 aliphatic carbocycles. The largest absolute Gasteiger partial charge is 0.416 e. The molecule has 1 aliphatic heterocycles. The van der Waals surface area contributed by atoms with Crippen LogP contribution in [0.15, 0.2) is 66.7 Å². The van der Waals surface area contributed by atoms with Crippen LogP contribution in [0.3, 0.4) is 0 Å². The van der Waals surface area contributed by atoms with Crippen molar-refractivity contribution in [2.45, 2.75) is 31.5 Å². The number of halogens is 6. The molecule has 0 saturated carbocycles. The van der Waals surface area contributed by atoms with Crippen molar-refractivity contribution in [2.24, 2.45) is 0 Å². The van der Waals surface area contributed by atoms with Crippen molar-refractivity contribution >= 4 is 17.5 Å². The lowest BCUT2D eigenvalue weighted by atomic mass is 10.0. The predicted molar refractivity (Wildman–Crippen MR) is 128 cm³/mol. The summed E-state index contributed by atoms with van der Waals surface area (Å²) < 4.78 is 80.2. The van der Waals surface area contributed by atoms with Crippen LogP contribution in [-0.4, -0.2) is 30.8 Å². The van der Waals surface area contributed by atoms with E-state index >= 15 is 0 Å². The van der Waals surface area contributed by atoms with E-state index < -0.39 is 53.4 Å². The van der Waals surface area contributed by atoms with Gasteiger partial charge in [-0.2, -0.15) is 26.3 Å². The lowest BCUT2D eigenvalue weighted by Gasteiger charge is -2.25. The first kappa shape index (κ1) is 27.0. The normalized spacial score (nSPS) is 15.4. The molecular weight excluding hydrogens is 512 g/mol. The summed E-state index contributed by atoms with van der Waals surface area (Å²) in [5, 5.41) is 2.73. The Morgan fingerprint density at radius 3 is 2.00 bits per heavy atom. The summed E-state index contributed by atoms with van der Waals surface area (Å²) in [7, 11) is 3.75. The van der Waals surface area contributed by atoms with Gasteiger partial charge in [0.1, 0.15) is 6.04 Å². The SMILES string of the molecule is CN(C)c1ccc(CNC(=O)C2c3ccccc3C(=O)N2Cc2cc(C(F)(F)F)cc(C(F)(F)F)c2)cc1. The van der Waals surface area contributed by atoms with Crippen LogP contribution in [-0.2, 0) is 30.2 Å². The second-order valence-electron chi connectivity index (χ2n) is 9.12. The number of carbonyl (C=O) groups excluding carboxylic acids is 2. The minimum absolute atomic E-state index is 0.0236. The van der Waals surface area contributed by atoms with Gasteiger partial charge in [0.05, 0.1) is 11.1 Å². The lowest BCUT2D eigenvalue weighted by molar-refractivity contribution is -0.143. The molecule has 1 atom stereocenters. The van der Waals surface area contributed by atoms with E-state index in [1.165, 1.54) is 12.1 Å². The molecule has 0 radical (unpaired) electrons. The quantitative estimate of drug-likeness (QED) is 0.406. The average molecular weight is 535 g/mol. The van der Waals surface area contributed by atoms with Crippen molar-refractivity contribution in [1.82, 2.24) is 10.2 Å². The first-order valence-corrected chi connectivity index (χ1v) is 11.5. The average Bonchev–Trinajstić information content (AvgIpc) is 3.13. The summed E-state index contributed by atoms with van der Waals surface area (Å²) in [5.41, 5.74) is -1.19. The van der Waals surface area contributed by atoms with Gasteiger partial charge < -0.3 is 15.1 Å². The predicted octanol–water partition coefficient (Wildman–Crippen LogP) is 5.80. The highest BCUT2D eigenvalue weighted by molar-refractivity contribution is 6.04. The van der Waals surface area contributed by atoms with Crippen LogP contribution in [0.25, 0.3) is 0 Å². The molecule has 0 bridgehead atoms. The van der Waals surface area contributed by atoms with Crippen LogP contribution in [0.2, 0.25) is 0 Å². The maximum atomic E-state index is 13.4. The van der Waals surface area contributed by atoms with Crippen molar-refractivity contribution in [3.05, 3.63) is 100 Å². The van der Waals surface area contributed by atoms with Crippen LogP contribution in [0.1, 0.15) is 44.2 Å². The smallest absolute Gasteiger partial charge is 0.378 e. The third-order valence-corrected chi connectivity index (χ3v) is 6.23. The van der Waals surface area contributed by atoms with Gasteiger partial charge in [-0.15, -0.1) is 0 Å². The second kappa shape index (κ2) is 10.0. The Kier molecular flexibility index (Phi) is 7.14. The lowest BCUT2D eigenvalue weighted by Crippen LogP contribution is -2.38. The maximum Gasteiger partial charge on any atom is 0.416 e. The summed E-state index contributed by atoms with van der Waals surface area (Å²) >= 11 is 0. The molecule has 5 nitrogen and oxygen atoms in total. The Labute approximate surface area is 214 Å². The minimum Gasteiger partial charge on any atom is -0.378 e. The van der Waals surface area contributed by atoms with Gasteiger partial charge in [0.2, 0.25) is 5.91 Å². The highest BCUT2D eigenvalue weighted by Crippen LogP contribution is 2.39. The highest BCUT2D eigenvalue weighted by atomic mass is 19.4. The summed E-state index contributed by atoms with van der Waals surface area (Å²) in [6.07, 6.45) is -10.1. The Morgan fingerprint density at radius 1 is 0.868 bits per heavy atom. The van der Waals surface area contributed by atoms with Crippen molar-refractivity contribution in [3.63, 3.8) is 0 Å². The Hall–Kier alpha value is -4.02. The Bertz CT molecular complexity index is 1320. The summed E-state index contributed by atoms with van der Waals surface area (Å²) in [6, 6.07) is 13.4. The number of rotatable bonds is 6. The molecule has 0 fully saturated rings. The number of nitrogens with one attached hydrogen (secondary N) is 1. The second-order valence-corrected chi connectivity index (χ2v) is 9.12. The fourth-order valence-electron chi connectivity index (χ4n) is 4.32. The summed E-state index contributed by atoms with van der Waals surface area (Å²) in [6.45, 7) is -0.523. The third-order valence-electron chi connectivity index (χ3n) is 6.23. The molecule has 2 amide bonds. The van der Waals surface area contributed by atoms with Crippen molar-refractivity contribution in [2.75, 3.05) is 19.0 Å². The number of nitrogens with zero attached hydrogens (tertiary/aromatic N) is 2. The third kappa shape index (κ3) is 5.61. The molecule has 11 heteroatoms. The van der Waals surface area contributed by atoms with Gasteiger partial charge in [0, 0.05) is 38.4 Å². The van der Waals surface area contributed by atoms with E-state index in [1.807, 2.05) is 43.3 Å². The van der Waals surface area contributed by atoms with Crippen molar-refractivity contribution in [3.8, 4) is 0 Å². The molecule has 0 saturated heterocycles. The van der Waals surface area contributed by atoms with Crippen LogP contribution in [0.5, 0.6) is 0 Å². The Balaban J connectivity index is 1.64. The van der Waals surface area contributed by atoms with Gasteiger partial charge in [-0.1, -0.05) is 30.3 Å². The topological polar surface area (TPSA) is 52.7 Å². The van der Waals surface area contributed by atoms with Crippen LogP contribution < -0.4 is 10.2 Å². The highest BCUT2D eigenvalue weighted by Gasteiger charge is 2.42. The molecule has 3 aromatic carbocycles. The van der Waals surface area contributed by atoms with Gasteiger partial charge >= 0.3 is 12.4 Å². The van der Waals surface area contributed by atoms with E-state index in [4.69, 9.17) is 0 Å². The van der Waals surface area contributed by atoms with Crippen molar-refractivity contribution < 1.29 is 35.9 Å². The molecule has 1 aliphatic rings. The molecule has 200 valence electrons. The van der Waals surface area contributed by atoms with E-state index in [0.717, 1.165) is 16.2 Å². The zero-order chi connectivity index (χ0) is 27.8. The monoisotopic (exact) mass is 535 g/mol.